The van der Waals surface area contributed by atoms with Gasteiger partial charge < -0.3 is 15.0 Å². The maximum Gasteiger partial charge on any atom is 0.245 e. The van der Waals surface area contributed by atoms with Gasteiger partial charge in [-0.1, -0.05) is 12.1 Å². The van der Waals surface area contributed by atoms with Gasteiger partial charge in [-0.2, -0.15) is 0 Å². The fourth-order valence-corrected chi connectivity index (χ4v) is 2.46. The smallest absolute Gasteiger partial charge is 0.245 e. The topological polar surface area (TPSA) is 58.6 Å². The summed E-state index contributed by atoms with van der Waals surface area (Å²) in [6.07, 6.45) is 0.210. The number of carbonyl (C=O) groups excluding carboxylic acids is 2. The Morgan fingerprint density at radius 1 is 1.38 bits per heavy atom. The fourth-order valence-electron chi connectivity index (χ4n) is 2.46. The minimum absolute atomic E-state index is 0.113. The lowest BCUT2D eigenvalue weighted by molar-refractivity contribution is -0.135. The number of amides is 2. The first kappa shape index (κ1) is 15.3. The minimum atomic E-state index is -0.601. The SMILES string of the molecule is COc1cccc(CN2C(=O)C(C)NC(=O)CC2C)c1F. The fraction of sp³-hybridized carbons (Fsp3) is 0.467. The van der Waals surface area contributed by atoms with E-state index in [1.54, 1.807) is 26.0 Å². The molecule has 0 aromatic heterocycles. The Morgan fingerprint density at radius 3 is 2.76 bits per heavy atom. The Morgan fingerprint density at radius 2 is 2.10 bits per heavy atom. The number of rotatable bonds is 3. The molecule has 0 radical (unpaired) electrons. The molecule has 21 heavy (non-hydrogen) atoms. The monoisotopic (exact) mass is 294 g/mol. The van der Waals surface area contributed by atoms with Gasteiger partial charge in [0.1, 0.15) is 6.04 Å². The molecule has 0 aliphatic carbocycles. The van der Waals surface area contributed by atoms with Crippen molar-refractivity contribution in [3.05, 3.63) is 29.6 Å². The second-order valence-corrected chi connectivity index (χ2v) is 5.24. The van der Waals surface area contributed by atoms with Crippen molar-refractivity contribution in [3.63, 3.8) is 0 Å². The first-order valence-corrected chi connectivity index (χ1v) is 6.85. The van der Waals surface area contributed by atoms with E-state index in [0.717, 1.165) is 0 Å². The highest BCUT2D eigenvalue weighted by Gasteiger charge is 2.31. The molecule has 1 aliphatic rings. The van der Waals surface area contributed by atoms with Crippen LogP contribution in [0.15, 0.2) is 18.2 Å². The maximum absolute atomic E-state index is 14.2. The molecule has 1 aromatic rings. The summed E-state index contributed by atoms with van der Waals surface area (Å²) >= 11 is 0. The summed E-state index contributed by atoms with van der Waals surface area (Å²) in [5.74, 6) is -0.714. The predicted molar refractivity (Wildman–Crippen MR) is 75.2 cm³/mol. The van der Waals surface area contributed by atoms with E-state index < -0.39 is 11.9 Å². The van der Waals surface area contributed by atoms with Crippen molar-refractivity contribution >= 4 is 11.8 Å². The molecule has 1 N–H and O–H groups in total. The van der Waals surface area contributed by atoms with Crippen LogP contribution in [-0.2, 0) is 16.1 Å². The summed E-state index contributed by atoms with van der Waals surface area (Å²) in [6.45, 7) is 3.53. The molecular weight excluding hydrogens is 275 g/mol. The van der Waals surface area contributed by atoms with Gasteiger partial charge in [0.25, 0.3) is 0 Å². The molecule has 2 amide bonds. The molecule has 1 saturated heterocycles. The third kappa shape index (κ3) is 3.15. The number of benzene rings is 1. The largest absolute Gasteiger partial charge is 0.494 e. The number of halogens is 1. The van der Waals surface area contributed by atoms with Crippen molar-refractivity contribution in [2.75, 3.05) is 7.11 Å². The Kier molecular flexibility index (Phi) is 4.45. The van der Waals surface area contributed by atoms with E-state index in [9.17, 15) is 14.0 Å². The maximum atomic E-state index is 14.2. The van der Waals surface area contributed by atoms with Crippen molar-refractivity contribution in [3.8, 4) is 5.75 Å². The number of hydrogen-bond donors (Lipinski definition) is 1. The van der Waals surface area contributed by atoms with Crippen molar-refractivity contribution in [2.45, 2.75) is 38.9 Å². The third-order valence-corrected chi connectivity index (χ3v) is 3.65. The Bertz CT molecular complexity index is 562. The van der Waals surface area contributed by atoms with Crippen LogP contribution in [0, 0.1) is 5.82 Å². The lowest BCUT2D eigenvalue weighted by Gasteiger charge is -2.28. The molecule has 6 heteroatoms. The van der Waals surface area contributed by atoms with E-state index in [-0.39, 0.29) is 36.6 Å². The number of ether oxygens (including phenoxy) is 1. The highest BCUT2D eigenvalue weighted by molar-refractivity contribution is 5.90. The van der Waals surface area contributed by atoms with Gasteiger partial charge >= 0.3 is 0 Å². The number of carbonyl (C=O) groups is 2. The molecule has 1 aromatic carbocycles. The summed E-state index contributed by atoms with van der Waals surface area (Å²) in [5, 5.41) is 2.63. The molecule has 5 nitrogen and oxygen atoms in total. The van der Waals surface area contributed by atoms with Crippen LogP contribution in [-0.4, -0.2) is 35.9 Å². The summed E-state index contributed by atoms with van der Waals surface area (Å²) in [7, 11) is 1.40. The zero-order valence-electron chi connectivity index (χ0n) is 12.4. The van der Waals surface area contributed by atoms with E-state index in [1.165, 1.54) is 18.1 Å². The molecule has 114 valence electrons. The first-order valence-electron chi connectivity index (χ1n) is 6.85. The van der Waals surface area contributed by atoms with Crippen LogP contribution in [0.3, 0.4) is 0 Å². The summed E-state index contributed by atoms with van der Waals surface area (Å²) in [6, 6.07) is 3.93. The standard InChI is InChI=1S/C15H19FN2O3/c1-9-7-13(19)17-10(2)15(20)18(9)8-11-5-4-6-12(21-3)14(11)16/h4-6,9-10H,7-8H2,1-3H3,(H,17,19). The number of methoxy groups -OCH3 is 1. The van der Waals surface area contributed by atoms with Crippen molar-refractivity contribution in [2.24, 2.45) is 0 Å². The average Bonchev–Trinajstić information content (AvgIpc) is 2.52. The van der Waals surface area contributed by atoms with Gasteiger partial charge in [-0.3, -0.25) is 9.59 Å². The molecule has 1 aliphatic heterocycles. The molecule has 2 rings (SSSR count). The van der Waals surface area contributed by atoms with E-state index in [1.807, 2.05) is 0 Å². The highest BCUT2D eigenvalue weighted by Crippen LogP contribution is 2.23. The summed E-state index contributed by atoms with van der Waals surface area (Å²) in [4.78, 5) is 25.5. The van der Waals surface area contributed by atoms with Crippen molar-refractivity contribution in [1.29, 1.82) is 0 Å². The quantitative estimate of drug-likeness (QED) is 0.918. The number of hydrogen-bond acceptors (Lipinski definition) is 3. The molecule has 2 unspecified atom stereocenters. The molecule has 1 fully saturated rings. The molecule has 0 spiro atoms. The van der Waals surface area contributed by atoms with Gasteiger partial charge in [-0.05, 0) is 19.9 Å². The van der Waals surface area contributed by atoms with E-state index in [0.29, 0.717) is 5.56 Å². The average molecular weight is 294 g/mol. The third-order valence-electron chi connectivity index (χ3n) is 3.65. The van der Waals surface area contributed by atoms with E-state index in [4.69, 9.17) is 4.74 Å². The van der Waals surface area contributed by atoms with E-state index in [2.05, 4.69) is 5.32 Å². The molecule has 1 heterocycles. The molecule has 2 atom stereocenters. The molecular formula is C15H19FN2O3. The first-order chi connectivity index (χ1) is 9.93. The van der Waals surface area contributed by atoms with Crippen molar-refractivity contribution in [1.82, 2.24) is 10.2 Å². The second kappa shape index (κ2) is 6.11. The van der Waals surface area contributed by atoms with Crippen LogP contribution in [0.1, 0.15) is 25.8 Å². The number of nitrogens with one attached hydrogen (secondary N) is 1. The highest BCUT2D eigenvalue weighted by atomic mass is 19.1. The zero-order valence-corrected chi connectivity index (χ0v) is 12.4. The van der Waals surface area contributed by atoms with Crippen LogP contribution in [0.5, 0.6) is 5.75 Å². The van der Waals surface area contributed by atoms with Gasteiger partial charge in [-0.15, -0.1) is 0 Å². The van der Waals surface area contributed by atoms with Gasteiger partial charge in [0.05, 0.1) is 7.11 Å². The lowest BCUT2D eigenvalue weighted by atomic mass is 10.1. The Balaban J connectivity index is 2.28. The zero-order chi connectivity index (χ0) is 15.6. The van der Waals surface area contributed by atoms with Crippen LogP contribution in [0.2, 0.25) is 0 Å². The Labute approximate surface area is 123 Å². The van der Waals surface area contributed by atoms with Gasteiger partial charge in [0, 0.05) is 24.6 Å². The van der Waals surface area contributed by atoms with Crippen LogP contribution >= 0.6 is 0 Å². The predicted octanol–water partition coefficient (Wildman–Crippen LogP) is 1.46. The second-order valence-electron chi connectivity index (χ2n) is 5.24. The lowest BCUT2D eigenvalue weighted by Crippen LogP contribution is -2.44. The van der Waals surface area contributed by atoms with Crippen LogP contribution in [0.4, 0.5) is 4.39 Å². The van der Waals surface area contributed by atoms with Gasteiger partial charge in [0.15, 0.2) is 11.6 Å². The molecule has 0 bridgehead atoms. The Hall–Kier alpha value is -2.11. The van der Waals surface area contributed by atoms with Gasteiger partial charge in [0.2, 0.25) is 11.8 Å². The minimum Gasteiger partial charge on any atom is -0.494 e. The summed E-state index contributed by atoms with van der Waals surface area (Å²) < 4.78 is 19.2. The van der Waals surface area contributed by atoms with Crippen LogP contribution < -0.4 is 10.1 Å². The normalized spacial score (nSPS) is 22.8. The van der Waals surface area contributed by atoms with Gasteiger partial charge in [-0.25, -0.2) is 4.39 Å². The van der Waals surface area contributed by atoms with Crippen molar-refractivity contribution < 1.29 is 18.7 Å². The summed E-state index contributed by atoms with van der Waals surface area (Å²) in [5.41, 5.74) is 0.371. The van der Waals surface area contributed by atoms with E-state index >= 15 is 0 Å². The number of nitrogens with zero attached hydrogens (tertiary/aromatic N) is 1. The molecule has 0 saturated carbocycles. The van der Waals surface area contributed by atoms with Crippen LogP contribution in [0.25, 0.3) is 0 Å².